The van der Waals surface area contributed by atoms with Gasteiger partial charge in [0.05, 0.1) is 29.9 Å². The van der Waals surface area contributed by atoms with E-state index in [9.17, 15) is 14.7 Å². The fraction of sp³-hybridized carbons (Fsp3) is 0.185. The molecule has 4 rings (SSSR count). The van der Waals surface area contributed by atoms with Gasteiger partial charge in [0.2, 0.25) is 0 Å². The number of rotatable bonds is 6. The molecule has 7 heteroatoms. The molecular weight excluding hydrogens is 454 g/mol. The zero-order chi connectivity index (χ0) is 24.4. The van der Waals surface area contributed by atoms with Crippen LogP contribution in [-0.2, 0) is 9.59 Å². The highest BCUT2D eigenvalue weighted by Gasteiger charge is 2.47. The van der Waals surface area contributed by atoms with Gasteiger partial charge >= 0.3 is 0 Å². The van der Waals surface area contributed by atoms with Crippen molar-refractivity contribution >= 4 is 34.7 Å². The Kier molecular flexibility index (Phi) is 6.61. The Labute approximate surface area is 203 Å². The summed E-state index contributed by atoms with van der Waals surface area (Å²) in [6.07, 6.45) is -0.0581. The second-order valence-electron chi connectivity index (χ2n) is 8.09. The minimum Gasteiger partial charge on any atom is -0.507 e. The van der Waals surface area contributed by atoms with Crippen LogP contribution in [-0.4, -0.2) is 30.0 Å². The molecule has 1 fully saturated rings. The largest absolute Gasteiger partial charge is 0.507 e. The number of methoxy groups -OCH3 is 1. The third-order valence-electron chi connectivity index (χ3n) is 5.45. The number of Topliss-reactive ketones (excluding diaryl/α,β-unsaturated/α-hetero) is 1. The number of nitrogens with zero attached hydrogens (tertiary/aromatic N) is 1. The van der Waals surface area contributed by atoms with E-state index in [1.165, 1.54) is 18.1 Å². The van der Waals surface area contributed by atoms with Gasteiger partial charge < -0.3 is 14.6 Å². The number of para-hydroxylation sites is 1. The van der Waals surface area contributed by atoms with Gasteiger partial charge in [0.25, 0.3) is 11.7 Å². The summed E-state index contributed by atoms with van der Waals surface area (Å²) >= 11 is 6.13. The smallest absolute Gasteiger partial charge is 0.300 e. The van der Waals surface area contributed by atoms with Crippen LogP contribution in [0.25, 0.3) is 5.76 Å². The highest BCUT2D eigenvalue weighted by atomic mass is 35.5. The first-order chi connectivity index (χ1) is 16.3. The second kappa shape index (κ2) is 9.61. The number of ketones is 1. The minimum absolute atomic E-state index is 0.0278. The van der Waals surface area contributed by atoms with E-state index in [4.69, 9.17) is 21.1 Å². The first-order valence-corrected chi connectivity index (χ1v) is 11.2. The SMILES string of the molecule is COc1cc(/C(O)=C2/C(=O)C(=O)N(c3ccccc3)C2c2cccc(OC(C)C)c2)ccc1Cl. The van der Waals surface area contributed by atoms with Gasteiger partial charge in [0.1, 0.15) is 17.3 Å². The number of hydrogen-bond acceptors (Lipinski definition) is 5. The van der Waals surface area contributed by atoms with Gasteiger partial charge in [-0.25, -0.2) is 0 Å². The lowest BCUT2D eigenvalue weighted by Crippen LogP contribution is -2.29. The highest BCUT2D eigenvalue weighted by Crippen LogP contribution is 2.43. The molecule has 1 aliphatic heterocycles. The Balaban J connectivity index is 1.93. The Bertz CT molecular complexity index is 1270. The number of amides is 1. The quantitative estimate of drug-likeness (QED) is 0.277. The van der Waals surface area contributed by atoms with Crippen LogP contribution in [0.3, 0.4) is 0 Å². The van der Waals surface area contributed by atoms with Crippen LogP contribution in [0.2, 0.25) is 5.02 Å². The molecule has 6 nitrogen and oxygen atoms in total. The van der Waals surface area contributed by atoms with Gasteiger partial charge in [-0.05, 0) is 61.9 Å². The highest BCUT2D eigenvalue weighted by molar-refractivity contribution is 6.51. The topological polar surface area (TPSA) is 76.1 Å². The van der Waals surface area contributed by atoms with Crippen molar-refractivity contribution in [2.24, 2.45) is 0 Å². The Morgan fingerprint density at radius 3 is 2.41 bits per heavy atom. The summed E-state index contributed by atoms with van der Waals surface area (Å²) in [7, 11) is 1.46. The molecule has 0 radical (unpaired) electrons. The summed E-state index contributed by atoms with van der Waals surface area (Å²) in [5.41, 5.74) is 1.45. The summed E-state index contributed by atoms with van der Waals surface area (Å²) in [6.45, 7) is 3.83. The minimum atomic E-state index is -0.861. The molecule has 3 aromatic rings. The van der Waals surface area contributed by atoms with Crippen molar-refractivity contribution in [1.29, 1.82) is 0 Å². The van der Waals surface area contributed by atoms with Crippen LogP contribution in [0.5, 0.6) is 11.5 Å². The first-order valence-electron chi connectivity index (χ1n) is 10.8. The molecule has 1 heterocycles. The molecule has 1 aliphatic rings. The molecule has 0 aliphatic carbocycles. The van der Waals surface area contributed by atoms with Gasteiger partial charge in [-0.15, -0.1) is 0 Å². The number of benzene rings is 3. The monoisotopic (exact) mass is 477 g/mol. The first kappa shape index (κ1) is 23.4. The molecule has 34 heavy (non-hydrogen) atoms. The van der Waals surface area contributed by atoms with Crippen LogP contribution in [0.15, 0.2) is 78.4 Å². The van der Waals surface area contributed by atoms with Crippen LogP contribution >= 0.6 is 11.6 Å². The van der Waals surface area contributed by atoms with E-state index in [-0.39, 0.29) is 17.4 Å². The standard InChI is InChI=1S/C27H24ClNO5/c1-16(2)34-20-11-7-8-17(14-20)24-23(25(30)18-12-13-21(28)22(15-18)33-3)26(31)27(32)29(24)19-9-5-4-6-10-19/h4-16,24,30H,1-3H3/b25-23-. The van der Waals surface area contributed by atoms with Crippen LogP contribution in [0.4, 0.5) is 5.69 Å². The molecular formula is C27H24ClNO5. The molecule has 1 unspecified atom stereocenters. The zero-order valence-electron chi connectivity index (χ0n) is 19.0. The fourth-order valence-corrected chi connectivity index (χ4v) is 4.19. The van der Waals surface area contributed by atoms with Crippen molar-refractivity contribution in [2.45, 2.75) is 26.0 Å². The van der Waals surface area contributed by atoms with E-state index in [1.54, 1.807) is 54.6 Å². The number of anilines is 1. The predicted molar refractivity (Wildman–Crippen MR) is 131 cm³/mol. The van der Waals surface area contributed by atoms with Crippen molar-refractivity contribution in [2.75, 3.05) is 12.0 Å². The number of carbonyl (C=O) groups excluding carboxylic acids is 2. The molecule has 0 bridgehead atoms. The zero-order valence-corrected chi connectivity index (χ0v) is 19.7. The number of aliphatic hydroxyl groups excluding tert-OH is 1. The maximum absolute atomic E-state index is 13.3. The number of hydrogen-bond donors (Lipinski definition) is 1. The summed E-state index contributed by atoms with van der Waals surface area (Å²) in [4.78, 5) is 27.9. The van der Waals surface area contributed by atoms with Crippen molar-refractivity contribution in [3.05, 3.63) is 94.5 Å². The van der Waals surface area contributed by atoms with E-state index in [0.29, 0.717) is 33.3 Å². The molecule has 174 valence electrons. The molecule has 1 saturated heterocycles. The Morgan fingerprint density at radius 1 is 1.00 bits per heavy atom. The van der Waals surface area contributed by atoms with E-state index in [1.807, 2.05) is 26.0 Å². The van der Waals surface area contributed by atoms with E-state index in [2.05, 4.69) is 0 Å². The van der Waals surface area contributed by atoms with E-state index in [0.717, 1.165) is 0 Å². The molecule has 0 aromatic heterocycles. The fourth-order valence-electron chi connectivity index (χ4n) is 4.00. The number of carbonyl (C=O) groups is 2. The lowest BCUT2D eigenvalue weighted by atomic mass is 9.95. The maximum atomic E-state index is 13.3. The van der Waals surface area contributed by atoms with Crippen molar-refractivity contribution in [3.63, 3.8) is 0 Å². The van der Waals surface area contributed by atoms with Crippen LogP contribution in [0.1, 0.15) is 31.0 Å². The number of halogens is 1. The number of aliphatic hydroxyl groups is 1. The van der Waals surface area contributed by atoms with Gasteiger partial charge in [-0.1, -0.05) is 41.9 Å². The van der Waals surface area contributed by atoms with E-state index >= 15 is 0 Å². The van der Waals surface area contributed by atoms with Crippen molar-refractivity contribution in [1.82, 2.24) is 0 Å². The van der Waals surface area contributed by atoms with Crippen molar-refractivity contribution < 1.29 is 24.2 Å². The van der Waals surface area contributed by atoms with Crippen molar-refractivity contribution in [3.8, 4) is 11.5 Å². The molecule has 1 N–H and O–H groups in total. The summed E-state index contributed by atoms with van der Waals surface area (Å²) in [6, 6.07) is 19.9. The molecule has 0 saturated carbocycles. The lowest BCUT2D eigenvalue weighted by Gasteiger charge is -2.26. The van der Waals surface area contributed by atoms with E-state index < -0.39 is 17.7 Å². The average molecular weight is 478 g/mol. The predicted octanol–water partition coefficient (Wildman–Crippen LogP) is 5.76. The maximum Gasteiger partial charge on any atom is 0.300 e. The molecule has 1 amide bonds. The van der Waals surface area contributed by atoms with Gasteiger partial charge in [0.15, 0.2) is 0 Å². The second-order valence-corrected chi connectivity index (χ2v) is 8.50. The third kappa shape index (κ3) is 4.37. The summed E-state index contributed by atoms with van der Waals surface area (Å²) in [5, 5.41) is 11.6. The van der Waals surface area contributed by atoms with Crippen LogP contribution in [0, 0.1) is 0 Å². The molecule has 1 atom stereocenters. The molecule has 0 spiro atoms. The lowest BCUT2D eigenvalue weighted by molar-refractivity contribution is -0.132. The number of ether oxygens (including phenoxy) is 2. The summed E-state index contributed by atoms with van der Waals surface area (Å²) < 4.78 is 11.1. The Morgan fingerprint density at radius 2 is 1.74 bits per heavy atom. The van der Waals surface area contributed by atoms with Gasteiger partial charge in [0, 0.05) is 11.3 Å². The van der Waals surface area contributed by atoms with Gasteiger partial charge in [-0.3, -0.25) is 14.5 Å². The molecule has 3 aromatic carbocycles. The van der Waals surface area contributed by atoms with Crippen LogP contribution < -0.4 is 14.4 Å². The average Bonchev–Trinajstić information content (AvgIpc) is 3.09. The van der Waals surface area contributed by atoms with Gasteiger partial charge in [-0.2, -0.15) is 0 Å². The summed E-state index contributed by atoms with van der Waals surface area (Å²) in [5.74, 6) is -0.887. The Hall–Kier alpha value is -3.77. The normalized spacial score (nSPS) is 17.3. The third-order valence-corrected chi connectivity index (χ3v) is 5.76.